The molecule has 4 rings (SSSR count). The Morgan fingerprint density at radius 2 is 2.00 bits per heavy atom. The van der Waals surface area contributed by atoms with Crippen LogP contribution in [0.4, 0.5) is 0 Å². The monoisotopic (exact) mass is 341 g/mol. The number of aryl methyl sites for hydroxylation is 1. The van der Waals surface area contributed by atoms with Crippen LogP contribution in [0.1, 0.15) is 62.1 Å². The first-order valence-corrected chi connectivity index (χ1v) is 9.54. The average molecular weight is 341 g/mol. The molecule has 1 aromatic rings. The number of methoxy groups -OCH3 is 1. The molecule has 1 atom stereocenters. The largest absolute Gasteiger partial charge is 0.381 e. The maximum Gasteiger partial charge on any atom is 0.228 e. The average Bonchev–Trinajstić information content (AvgIpc) is 3.05. The Bertz CT molecular complexity index is 718. The molecule has 1 saturated carbocycles. The number of amides is 1. The Hall–Kier alpha value is -1.68. The van der Waals surface area contributed by atoms with Gasteiger partial charge in [0.2, 0.25) is 5.91 Å². The molecule has 1 aliphatic heterocycles. The first kappa shape index (κ1) is 16.8. The van der Waals surface area contributed by atoms with Crippen LogP contribution in [0.5, 0.6) is 0 Å². The molecular formula is C21H27NO3. The first-order chi connectivity index (χ1) is 12.0. The molecule has 1 N–H and O–H groups in total. The Labute approximate surface area is 149 Å². The van der Waals surface area contributed by atoms with E-state index >= 15 is 0 Å². The van der Waals surface area contributed by atoms with E-state index in [1.54, 1.807) is 7.11 Å². The molecule has 0 bridgehead atoms. The lowest BCUT2D eigenvalue weighted by atomic mass is 9.60. The molecule has 1 unspecified atom stereocenters. The van der Waals surface area contributed by atoms with Crippen LogP contribution in [0, 0.1) is 5.41 Å². The van der Waals surface area contributed by atoms with Gasteiger partial charge in [-0.05, 0) is 55.2 Å². The highest BCUT2D eigenvalue weighted by atomic mass is 16.5. The standard InChI is InChI=1S/C21H27NO3/c1-3-4-14-5-6-15-13-20(9-7-16(25-2)8-10-20)21(17(15)11-14)18(23)12-19(24)22-21/h5-6,11,16H,3-4,7-10,12-13H2,1-2H3,(H,22,24). The predicted octanol–water partition coefficient (Wildman–Crippen LogP) is 3.05. The van der Waals surface area contributed by atoms with Crippen molar-refractivity contribution in [1.29, 1.82) is 0 Å². The number of rotatable bonds is 3. The van der Waals surface area contributed by atoms with E-state index in [1.807, 2.05) is 0 Å². The molecule has 0 radical (unpaired) electrons. The minimum absolute atomic E-state index is 0.0207. The zero-order valence-corrected chi connectivity index (χ0v) is 15.2. The highest BCUT2D eigenvalue weighted by Crippen LogP contribution is 2.59. The summed E-state index contributed by atoms with van der Waals surface area (Å²) in [7, 11) is 1.77. The number of fused-ring (bicyclic) bond motifs is 3. The van der Waals surface area contributed by atoms with Crippen molar-refractivity contribution in [2.24, 2.45) is 5.41 Å². The van der Waals surface area contributed by atoms with Gasteiger partial charge in [0.15, 0.2) is 5.78 Å². The smallest absolute Gasteiger partial charge is 0.228 e. The van der Waals surface area contributed by atoms with Crippen LogP contribution in [0.2, 0.25) is 0 Å². The van der Waals surface area contributed by atoms with Crippen molar-refractivity contribution in [1.82, 2.24) is 5.32 Å². The number of benzene rings is 1. The molecule has 3 aliphatic rings. The van der Waals surface area contributed by atoms with Crippen molar-refractivity contribution in [3.05, 3.63) is 34.9 Å². The molecule has 134 valence electrons. The van der Waals surface area contributed by atoms with Crippen LogP contribution in [0.3, 0.4) is 0 Å². The molecule has 1 aromatic carbocycles. The topological polar surface area (TPSA) is 55.4 Å². The van der Waals surface area contributed by atoms with Crippen molar-refractivity contribution in [3.63, 3.8) is 0 Å². The highest BCUT2D eigenvalue weighted by Gasteiger charge is 2.65. The predicted molar refractivity (Wildman–Crippen MR) is 95.3 cm³/mol. The molecule has 2 fully saturated rings. The van der Waals surface area contributed by atoms with E-state index in [0.717, 1.165) is 50.5 Å². The van der Waals surface area contributed by atoms with Gasteiger partial charge in [-0.3, -0.25) is 9.59 Å². The van der Waals surface area contributed by atoms with E-state index in [0.29, 0.717) is 0 Å². The van der Waals surface area contributed by atoms with Gasteiger partial charge in [-0.2, -0.15) is 0 Å². The van der Waals surface area contributed by atoms with Crippen LogP contribution < -0.4 is 5.32 Å². The van der Waals surface area contributed by atoms with E-state index in [1.165, 1.54) is 11.1 Å². The van der Waals surface area contributed by atoms with Crippen molar-refractivity contribution >= 4 is 11.7 Å². The molecule has 4 heteroatoms. The quantitative estimate of drug-likeness (QED) is 0.860. The van der Waals surface area contributed by atoms with Gasteiger partial charge >= 0.3 is 0 Å². The third-order valence-electron chi connectivity index (χ3n) is 6.73. The third-order valence-corrected chi connectivity index (χ3v) is 6.73. The normalized spacial score (nSPS) is 33.9. The molecule has 4 nitrogen and oxygen atoms in total. The van der Waals surface area contributed by atoms with Gasteiger partial charge in [-0.25, -0.2) is 0 Å². The first-order valence-electron chi connectivity index (χ1n) is 9.54. The molecule has 2 aliphatic carbocycles. The second kappa shape index (κ2) is 5.94. The number of Topliss-reactive ketones (excluding diaryl/α,β-unsaturated/α-hetero) is 1. The number of ether oxygens (including phenoxy) is 1. The molecule has 1 saturated heterocycles. The van der Waals surface area contributed by atoms with Crippen molar-refractivity contribution < 1.29 is 14.3 Å². The van der Waals surface area contributed by atoms with Gasteiger partial charge in [-0.1, -0.05) is 31.5 Å². The Balaban J connectivity index is 1.82. The van der Waals surface area contributed by atoms with Crippen molar-refractivity contribution in [2.45, 2.75) is 69.9 Å². The Kier molecular flexibility index (Phi) is 3.99. The minimum Gasteiger partial charge on any atom is -0.381 e. The van der Waals surface area contributed by atoms with Gasteiger partial charge in [-0.15, -0.1) is 0 Å². The lowest BCUT2D eigenvalue weighted by molar-refractivity contribution is -0.129. The van der Waals surface area contributed by atoms with Gasteiger partial charge in [0, 0.05) is 12.5 Å². The second-order valence-corrected chi connectivity index (χ2v) is 8.03. The summed E-state index contributed by atoms with van der Waals surface area (Å²) in [4.78, 5) is 25.4. The second-order valence-electron chi connectivity index (χ2n) is 8.03. The van der Waals surface area contributed by atoms with E-state index in [4.69, 9.17) is 4.74 Å². The number of ketones is 1. The fourth-order valence-electron chi connectivity index (χ4n) is 5.53. The summed E-state index contributed by atoms with van der Waals surface area (Å²) in [6.45, 7) is 2.17. The summed E-state index contributed by atoms with van der Waals surface area (Å²) >= 11 is 0. The van der Waals surface area contributed by atoms with E-state index in [-0.39, 0.29) is 29.6 Å². The molecule has 25 heavy (non-hydrogen) atoms. The number of nitrogens with one attached hydrogen (secondary N) is 1. The summed E-state index contributed by atoms with van der Waals surface area (Å²) < 4.78 is 5.55. The van der Waals surface area contributed by atoms with Crippen molar-refractivity contribution in [3.8, 4) is 0 Å². The molecule has 2 spiro atoms. The van der Waals surface area contributed by atoms with Gasteiger partial charge in [0.05, 0.1) is 12.5 Å². The third kappa shape index (κ3) is 2.30. The van der Waals surface area contributed by atoms with Gasteiger partial charge in [0.1, 0.15) is 5.54 Å². The van der Waals surface area contributed by atoms with E-state index in [9.17, 15) is 9.59 Å². The summed E-state index contributed by atoms with van der Waals surface area (Å²) in [5.41, 5.74) is 2.59. The summed E-state index contributed by atoms with van der Waals surface area (Å²) in [6.07, 6.45) is 7.02. The lowest BCUT2D eigenvalue weighted by Gasteiger charge is -2.47. The van der Waals surface area contributed by atoms with E-state index < -0.39 is 5.54 Å². The van der Waals surface area contributed by atoms with Crippen LogP contribution in [-0.2, 0) is 32.7 Å². The zero-order valence-electron chi connectivity index (χ0n) is 15.2. The minimum atomic E-state index is -0.804. The van der Waals surface area contributed by atoms with Crippen LogP contribution in [0.25, 0.3) is 0 Å². The Morgan fingerprint density at radius 1 is 1.24 bits per heavy atom. The van der Waals surface area contributed by atoms with Crippen LogP contribution in [-0.4, -0.2) is 24.9 Å². The zero-order chi connectivity index (χ0) is 17.7. The highest BCUT2D eigenvalue weighted by molar-refractivity contribution is 6.11. The van der Waals surface area contributed by atoms with Gasteiger partial charge in [0.25, 0.3) is 0 Å². The maximum atomic E-state index is 13.2. The summed E-state index contributed by atoms with van der Waals surface area (Å²) in [5.74, 6) is -0.0484. The number of carbonyl (C=O) groups excluding carboxylic acids is 2. The fourth-order valence-corrected chi connectivity index (χ4v) is 5.53. The van der Waals surface area contributed by atoms with E-state index in [2.05, 4.69) is 30.4 Å². The Morgan fingerprint density at radius 3 is 2.60 bits per heavy atom. The molecule has 1 heterocycles. The van der Waals surface area contributed by atoms with Crippen LogP contribution in [0.15, 0.2) is 18.2 Å². The van der Waals surface area contributed by atoms with Crippen LogP contribution >= 0.6 is 0 Å². The number of hydrogen-bond donors (Lipinski definition) is 1. The lowest BCUT2D eigenvalue weighted by Crippen LogP contribution is -2.56. The molecule has 1 amide bonds. The SMILES string of the molecule is CCCc1ccc2c(c1)C1(NC(=O)CC1=O)C1(CCC(OC)CC1)C2. The van der Waals surface area contributed by atoms with Crippen molar-refractivity contribution in [2.75, 3.05) is 7.11 Å². The van der Waals surface area contributed by atoms with Gasteiger partial charge < -0.3 is 10.1 Å². The molecular weight excluding hydrogens is 314 g/mol. The summed E-state index contributed by atoms with van der Waals surface area (Å²) in [6, 6.07) is 6.58. The summed E-state index contributed by atoms with van der Waals surface area (Å²) in [5, 5.41) is 3.17. The number of carbonyl (C=O) groups is 2. The number of hydrogen-bond acceptors (Lipinski definition) is 3. The maximum absolute atomic E-state index is 13.2. The molecule has 0 aromatic heterocycles. The fraction of sp³-hybridized carbons (Fsp3) is 0.619.